The molecule has 1 fully saturated rings. The summed E-state index contributed by atoms with van der Waals surface area (Å²) in [4.78, 5) is 0. The summed E-state index contributed by atoms with van der Waals surface area (Å²) >= 11 is 1.69. The molecule has 4 heteroatoms. The molecule has 0 amide bonds. The van der Waals surface area contributed by atoms with E-state index in [0.29, 0.717) is 0 Å². The molecule has 1 heterocycles. The molecule has 0 radical (unpaired) electrons. The Morgan fingerprint density at radius 3 is 2.02 bits per heavy atom. The minimum atomic E-state index is 0. The second kappa shape index (κ2) is 15.1. The Bertz CT molecular complexity index is 1250. The summed E-state index contributed by atoms with van der Waals surface area (Å²) in [6, 6.07) is 17.0. The monoisotopic (exact) mass is 650 g/mol. The van der Waals surface area contributed by atoms with E-state index in [0.717, 1.165) is 24.0 Å². The van der Waals surface area contributed by atoms with Crippen molar-refractivity contribution in [2.24, 2.45) is 0 Å². The van der Waals surface area contributed by atoms with Gasteiger partial charge in [0.05, 0.1) is 6.26 Å². The van der Waals surface area contributed by atoms with Crippen molar-refractivity contribution in [2.75, 3.05) is 0 Å². The van der Waals surface area contributed by atoms with E-state index < -0.39 is 0 Å². The number of allylic oxidation sites excluding steroid dienone is 4. The van der Waals surface area contributed by atoms with Crippen LogP contribution in [0, 0.1) is 12.1 Å². The van der Waals surface area contributed by atoms with Crippen molar-refractivity contribution in [3.05, 3.63) is 101 Å². The van der Waals surface area contributed by atoms with Crippen LogP contribution in [-0.2, 0) is 41.5 Å². The zero-order chi connectivity index (χ0) is 27.3. The molecule has 6 rings (SSSR count). The quantitative estimate of drug-likeness (QED) is 0.286. The van der Waals surface area contributed by atoms with Crippen molar-refractivity contribution in [3.63, 3.8) is 0 Å². The van der Waals surface area contributed by atoms with Crippen molar-refractivity contribution in [2.45, 2.75) is 97.3 Å². The SMILES string of the molecule is CC(C)(C)c1c[c-]c2c(c1)-c1cc(C(C)(C)C)ccc1C2.[C-]1=C(c2ccoc2)C=CC1.[Cl-].[Cl-].[Zr+2]=[C]1CCCCC1. The van der Waals surface area contributed by atoms with Crippen LogP contribution in [0.4, 0.5) is 0 Å². The van der Waals surface area contributed by atoms with E-state index in [4.69, 9.17) is 4.42 Å². The predicted octanol–water partition coefficient (Wildman–Crippen LogP) is 3.76. The Hall–Kier alpha value is -1.47. The van der Waals surface area contributed by atoms with Crippen LogP contribution in [0.3, 0.4) is 0 Å². The van der Waals surface area contributed by atoms with Crippen LogP contribution in [0.2, 0.25) is 0 Å². The normalized spacial score (nSPS) is 15.3. The van der Waals surface area contributed by atoms with E-state index >= 15 is 0 Å². The molecule has 1 saturated carbocycles. The summed E-state index contributed by atoms with van der Waals surface area (Å²) in [5.41, 5.74) is 11.0. The number of halogens is 2. The van der Waals surface area contributed by atoms with E-state index in [1.807, 2.05) is 6.07 Å². The fourth-order valence-corrected chi connectivity index (χ4v) is 5.85. The number of benzene rings is 2. The van der Waals surface area contributed by atoms with E-state index in [1.165, 1.54) is 65.5 Å². The molecule has 0 saturated heterocycles. The van der Waals surface area contributed by atoms with Gasteiger partial charge in [0.25, 0.3) is 0 Å². The number of rotatable bonds is 1. The van der Waals surface area contributed by atoms with Gasteiger partial charge in [0, 0.05) is 6.26 Å². The predicted molar refractivity (Wildman–Crippen MR) is 158 cm³/mol. The van der Waals surface area contributed by atoms with Crippen LogP contribution < -0.4 is 24.8 Å². The van der Waals surface area contributed by atoms with E-state index in [1.54, 1.807) is 40.0 Å². The molecular weight excluding hydrogens is 611 g/mol. The minimum absolute atomic E-state index is 0. The van der Waals surface area contributed by atoms with Crippen LogP contribution >= 0.6 is 0 Å². The molecule has 1 aromatic heterocycles. The molecule has 212 valence electrons. The summed E-state index contributed by atoms with van der Waals surface area (Å²) in [6.07, 6.45) is 20.0. The van der Waals surface area contributed by atoms with Gasteiger partial charge in [-0.05, 0) is 17.4 Å². The topological polar surface area (TPSA) is 13.1 Å². The molecule has 0 N–H and O–H groups in total. The van der Waals surface area contributed by atoms with Gasteiger partial charge in [-0.3, -0.25) is 0 Å². The summed E-state index contributed by atoms with van der Waals surface area (Å²) < 4.78 is 6.74. The van der Waals surface area contributed by atoms with E-state index in [9.17, 15) is 0 Å². The fourth-order valence-electron chi connectivity index (χ4n) is 4.98. The first-order valence-corrected chi connectivity index (χ1v) is 15.3. The second-order valence-corrected chi connectivity index (χ2v) is 14.4. The molecule has 0 bridgehead atoms. The molecule has 0 atom stereocenters. The Morgan fingerprint density at radius 1 is 0.825 bits per heavy atom. The second-order valence-electron chi connectivity index (χ2n) is 12.7. The third kappa shape index (κ3) is 9.27. The zero-order valence-electron chi connectivity index (χ0n) is 24.9. The average Bonchev–Trinajstić information content (AvgIpc) is 3.64. The van der Waals surface area contributed by atoms with E-state index in [2.05, 4.69) is 96.2 Å². The summed E-state index contributed by atoms with van der Waals surface area (Å²) in [7, 11) is 0. The first-order chi connectivity index (χ1) is 18.0. The number of furan rings is 1. The van der Waals surface area contributed by atoms with Gasteiger partial charge in [-0.1, -0.05) is 94.3 Å². The van der Waals surface area contributed by atoms with Crippen LogP contribution in [-0.4, -0.2) is 3.21 Å². The maximum atomic E-state index is 4.93. The Kier molecular flexibility index (Phi) is 13.1. The van der Waals surface area contributed by atoms with Crippen LogP contribution in [0.15, 0.2) is 65.5 Å². The summed E-state index contributed by atoms with van der Waals surface area (Å²) in [5.74, 6) is 0. The zero-order valence-corrected chi connectivity index (χ0v) is 28.9. The number of hydrogen-bond acceptors (Lipinski definition) is 1. The summed E-state index contributed by atoms with van der Waals surface area (Å²) in [6.45, 7) is 13.6. The number of fused-ring (bicyclic) bond motifs is 3. The third-order valence-corrected chi connectivity index (χ3v) is 8.74. The summed E-state index contributed by atoms with van der Waals surface area (Å²) in [5, 5.41) is 0. The first-order valence-electron chi connectivity index (χ1n) is 14.1. The molecule has 0 unspecified atom stereocenters. The van der Waals surface area contributed by atoms with Crippen LogP contribution in [0.25, 0.3) is 16.7 Å². The maximum absolute atomic E-state index is 4.93. The van der Waals surface area contributed by atoms with Gasteiger partial charge < -0.3 is 29.2 Å². The Labute approximate surface area is 270 Å². The van der Waals surface area contributed by atoms with Crippen molar-refractivity contribution >= 4 is 8.78 Å². The van der Waals surface area contributed by atoms with Gasteiger partial charge >= 0.3 is 59.5 Å². The molecule has 0 spiro atoms. The van der Waals surface area contributed by atoms with Crippen molar-refractivity contribution < 1.29 is 53.5 Å². The molecular formula is C36H42Cl2OZr-2. The van der Waals surface area contributed by atoms with Crippen molar-refractivity contribution in [3.8, 4) is 11.1 Å². The van der Waals surface area contributed by atoms with Gasteiger partial charge in [0.2, 0.25) is 0 Å². The molecule has 3 aromatic rings. The van der Waals surface area contributed by atoms with Crippen LogP contribution in [0.1, 0.15) is 108 Å². The molecule has 3 aliphatic rings. The number of hydrogen-bond donors (Lipinski definition) is 0. The molecule has 3 aliphatic carbocycles. The van der Waals surface area contributed by atoms with Crippen molar-refractivity contribution in [1.82, 2.24) is 0 Å². The van der Waals surface area contributed by atoms with E-state index in [-0.39, 0.29) is 35.6 Å². The van der Waals surface area contributed by atoms with Gasteiger partial charge in [-0.15, -0.1) is 11.6 Å². The first kappa shape index (κ1) is 34.7. The standard InChI is InChI=1S/C21H25.C9H7O.C6H10.2ClH.Zr/c1-20(2,3)16-9-7-14-11-15-8-10-17(21(4,5)6)13-19(15)18(14)12-16;1-2-4-8(3-1)9-5-6-10-7-9;1-2-4-6-5-3-1;;;/h7,9-10,12-13H,11H2,1-6H3;1,3,5-7H,2H2;1-5H2;2*1H;/q2*-1;;;;+2/p-2. The average molecular weight is 653 g/mol. The van der Waals surface area contributed by atoms with Gasteiger partial charge in [0.1, 0.15) is 0 Å². The Morgan fingerprint density at radius 2 is 1.50 bits per heavy atom. The van der Waals surface area contributed by atoms with Gasteiger partial charge in [-0.25, -0.2) is 0 Å². The Balaban J connectivity index is 0.000000245. The third-order valence-electron chi connectivity index (χ3n) is 7.51. The molecule has 40 heavy (non-hydrogen) atoms. The molecule has 0 aliphatic heterocycles. The van der Waals surface area contributed by atoms with Crippen LogP contribution in [0.5, 0.6) is 0 Å². The van der Waals surface area contributed by atoms with Gasteiger partial charge in [0.15, 0.2) is 0 Å². The molecule has 1 nitrogen and oxygen atoms in total. The van der Waals surface area contributed by atoms with Gasteiger partial charge in [-0.2, -0.15) is 47.1 Å². The van der Waals surface area contributed by atoms with Crippen molar-refractivity contribution in [1.29, 1.82) is 0 Å². The fraction of sp³-hybridized carbons (Fsp3) is 0.417. The molecule has 2 aromatic carbocycles.